The van der Waals surface area contributed by atoms with Gasteiger partial charge < -0.3 is 14.4 Å². The molecule has 0 aromatic heterocycles. The first-order chi connectivity index (χ1) is 13.4. The number of benzene rings is 1. The Morgan fingerprint density at radius 2 is 1.76 bits per heavy atom. The highest BCUT2D eigenvalue weighted by Gasteiger charge is 2.39. The lowest BCUT2D eigenvalue weighted by atomic mass is 9.84. The van der Waals surface area contributed by atoms with Gasteiger partial charge in [0.2, 0.25) is 0 Å². The number of likely N-dealkylation sites (tertiary alicyclic amines) is 1. The monoisotopic (exact) mass is 401 g/mol. The van der Waals surface area contributed by atoms with E-state index in [0.717, 1.165) is 17.5 Å². The Labute approximate surface area is 175 Å². The normalized spacial score (nSPS) is 18.3. The van der Waals surface area contributed by atoms with Gasteiger partial charge in [0.05, 0.1) is 5.92 Å². The Hall–Kier alpha value is -2.30. The number of esters is 1. The molecule has 1 saturated heterocycles. The van der Waals surface area contributed by atoms with Crippen molar-refractivity contribution in [3.8, 4) is 0 Å². The van der Waals surface area contributed by atoms with Gasteiger partial charge in [-0.2, -0.15) is 0 Å². The Morgan fingerprint density at radius 1 is 1.14 bits per heavy atom. The van der Waals surface area contributed by atoms with Crippen LogP contribution in [0.25, 0.3) is 6.08 Å². The lowest BCUT2D eigenvalue weighted by Crippen LogP contribution is -2.38. The lowest BCUT2D eigenvalue weighted by molar-refractivity contribution is -0.161. The molecule has 1 heterocycles. The second-order valence-electron chi connectivity index (χ2n) is 9.72. The second-order valence-corrected chi connectivity index (χ2v) is 9.72. The molecule has 2 atom stereocenters. The number of hydrogen-bond donors (Lipinski definition) is 0. The molecule has 1 aliphatic heterocycles. The molecule has 5 heteroatoms. The molecule has 0 spiro atoms. The highest BCUT2D eigenvalue weighted by molar-refractivity contribution is 5.75. The largest absolute Gasteiger partial charge is 0.460 e. The molecular formula is C24H35NO4. The lowest BCUT2D eigenvalue weighted by Gasteiger charge is -2.28. The van der Waals surface area contributed by atoms with E-state index in [1.54, 1.807) is 4.90 Å². The fourth-order valence-corrected chi connectivity index (χ4v) is 3.58. The predicted molar refractivity (Wildman–Crippen MR) is 115 cm³/mol. The summed E-state index contributed by atoms with van der Waals surface area (Å²) >= 11 is 0. The molecular weight excluding hydrogens is 366 g/mol. The van der Waals surface area contributed by atoms with Crippen LogP contribution in [0.4, 0.5) is 4.79 Å². The molecule has 1 aromatic carbocycles. The van der Waals surface area contributed by atoms with Gasteiger partial charge in [-0.3, -0.25) is 4.79 Å². The van der Waals surface area contributed by atoms with Crippen molar-refractivity contribution in [1.29, 1.82) is 0 Å². The zero-order valence-electron chi connectivity index (χ0n) is 18.7. The maximum absolute atomic E-state index is 13.1. The molecule has 1 amide bonds. The molecule has 1 aromatic rings. The van der Waals surface area contributed by atoms with E-state index in [1.165, 1.54) is 0 Å². The highest BCUT2D eigenvalue weighted by atomic mass is 16.6. The van der Waals surface area contributed by atoms with E-state index in [4.69, 9.17) is 9.47 Å². The van der Waals surface area contributed by atoms with Gasteiger partial charge in [-0.25, -0.2) is 4.79 Å². The minimum absolute atomic E-state index is 0.0234. The molecule has 0 saturated carbocycles. The third-order valence-corrected chi connectivity index (χ3v) is 4.87. The Kier molecular flexibility index (Phi) is 7.15. The van der Waals surface area contributed by atoms with Crippen LogP contribution in [0.1, 0.15) is 59.1 Å². The SMILES string of the molecule is C=Cc1ccccc1C[C@H](C(=O)OC(C)(C)C)[C@H]1CCN(C(=O)OC(C)(C)C)C1. The third kappa shape index (κ3) is 6.91. The van der Waals surface area contributed by atoms with E-state index >= 15 is 0 Å². The van der Waals surface area contributed by atoms with Crippen molar-refractivity contribution in [2.24, 2.45) is 11.8 Å². The third-order valence-electron chi connectivity index (χ3n) is 4.87. The summed E-state index contributed by atoms with van der Waals surface area (Å²) < 4.78 is 11.2. The van der Waals surface area contributed by atoms with Crippen molar-refractivity contribution >= 4 is 18.1 Å². The van der Waals surface area contributed by atoms with Crippen molar-refractivity contribution < 1.29 is 19.1 Å². The van der Waals surface area contributed by atoms with Crippen LogP contribution in [-0.2, 0) is 20.7 Å². The van der Waals surface area contributed by atoms with Crippen LogP contribution in [0.15, 0.2) is 30.8 Å². The molecule has 0 aliphatic carbocycles. The van der Waals surface area contributed by atoms with Gasteiger partial charge in [0, 0.05) is 13.1 Å². The molecule has 29 heavy (non-hydrogen) atoms. The van der Waals surface area contributed by atoms with Crippen molar-refractivity contribution in [3.63, 3.8) is 0 Å². The summed E-state index contributed by atoms with van der Waals surface area (Å²) in [5, 5.41) is 0. The van der Waals surface area contributed by atoms with Crippen LogP contribution < -0.4 is 0 Å². The van der Waals surface area contributed by atoms with Gasteiger partial charge >= 0.3 is 12.1 Å². The van der Waals surface area contributed by atoms with Gasteiger partial charge in [0.1, 0.15) is 11.2 Å². The quantitative estimate of drug-likeness (QED) is 0.645. The number of rotatable bonds is 5. The first-order valence-electron chi connectivity index (χ1n) is 10.3. The average molecular weight is 402 g/mol. The Morgan fingerprint density at radius 3 is 2.34 bits per heavy atom. The Balaban J connectivity index is 2.20. The summed E-state index contributed by atoms with van der Waals surface area (Å²) in [4.78, 5) is 27.2. The van der Waals surface area contributed by atoms with Gasteiger partial charge in [0.25, 0.3) is 0 Å². The molecule has 2 rings (SSSR count). The summed E-state index contributed by atoms with van der Waals surface area (Å²) in [5.41, 5.74) is 0.983. The number of nitrogens with zero attached hydrogens (tertiary/aromatic N) is 1. The van der Waals surface area contributed by atoms with Crippen LogP contribution >= 0.6 is 0 Å². The topological polar surface area (TPSA) is 55.8 Å². The molecule has 160 valence electrons. The molecule has 1 fully saturated rings. The average Bonchev–Trinajstić information content (AvgIpc) is 3.06. The van der Waals surface area contributed by atoms with E-state index in [1.807, 2.05) is 71.9 Å². The summed E-state index contributed by atoms with van der Waals surface area (Å²) in [6.45, 7) is 16.2. The first kappa shape index (κ1) is 23.0. The van der Waals surface area contributed by atoms with E-state index in [9.17, 15) is 9.59 Å². The van der Waals surface area contributed by atoms with Crippen molar-refractivity contribution in [2.45, 2.75) is 65.6 Å². The molecule has 1 aliphatic rings. The number of carbonyl (C=O) groups excluding carboxylic acids is 2. The van der Waals surface area contributed by atoms with Gasteiger partial charge in [-0.15, -0.1) is 0 Å². The van der Waals surface area contributed by atoms with Crippen LogP contribution in [0.5, 0.6) is 0 Å². The van der Waals surface area contributed by atoms with Crippen molar-refractivity contribution in [1.82, 2.24) is 4.90 Å². The highest BCUT2D eigenvalue weighted by Crippen LogP contribution is 2.31. The fraction of sp³-hybridized carbons (Fsp3) is 0.583. The van der Waals surface area contributed by atoms with Crippen LogP contribution in [0, 0.1) is 11.8 Å². The Bertz CT molecular complexity index is 742. The fourth-order valence-electron chi connectivity index (χ4n) is 3.58. The smallest absolute Gasteiger partial charge is 0.410 e. The molecule has 0 N–H and O–H groups in total. The number of amides is 1. The molecule has 0 bridgehead atoms. The molecule has 0 unspecified atom stereocenters. The maximum Gasteiger partial charge on any atom is 0.410 e. The predicted octanol–water partition coefficient (Wildman–Crippen LogP) is 5.09. The first-order valence-corrected chi connectivity index (χ1v) is 10.3. The van der Waals surface area contributed by atoms with E-state index < -0.39 is 11.2 Å². The summed E-state index contributed by atoms with van der Waals surface area (Å²) in [7, 11) is 0. The summed E-state index contributed by atoms with van der Waals surface area (Å²) in [6.07, 6.45) is 2.79. The van der Waals surface area contributed by atoms with Crippen molar-refractivity contribution in [3.05, 3.63) is 42.0 Å². The maximum atomic E-state index is 13.1. The minimum atomic E-state index is -0.559. The van der Waals surface area contributed by atoms with Gasteiger partial charge in [-0.1, -0.05) is 36.9 Å². The number of hydrogen-bond acceptors (Lipinski definition) is 4. The van der Waals surface area contributed by atoms with E-state index in [2.05, 4.69) is 6.58 Å². The zero-order valence-corrected chi connectivity index (χ0v) is 18.7. The standard InChI is InChI=1S/C24H35NO4/c1-8-17-11-9-10-12-18(17)15-20(21(26)28-23(2,3)4)19-13-14-25(16-19)22(27)29-24(5,6)7/h8-12,19-20H,1,13-16H2,2-7H3/t19-,20-/m0/s1. The van der Waals surface area contributed by atoms with Crippen LogP contribution in [-0.4, -0.2) is 41.3 Å². The van der Waals surface area contributed by atoms with E-state index in [-0.39, 0.29) is 23.9 Å². The summed E-state index contributed by atoms with van der Waals surface area (Å²) in [6, 6.07) is 7.95. The van der Waals surface area contributed by atoms with E-state index in [0.29, 0.717) is 19.5 Å². The molecule has 5 nitrogen and oxygen atoms in total. The van der Waals surface area contributed by atoms with Gasteiger partial charge in [0.15, 0.2) is 0 Å². The van der Waals surface area contributed by atoms with Crippen molar-refractivity contribution in [2.75, 3.05) is 13.1 Å². The minimum Gasteiger partial charge on any atom is -0.460 e. The van der Waals surface area contributed by atoms with Crippen LogP contribution in [0.3, 0.4) is 0 Å². The second kappa shape index (κ2) is 9.02. The number of carbonyl (C=O) groups is 2. The summed E-state index contributed by atoms with van der Waals surface area (Å²) in [5.74, 6) is -0.523. The number of ether oxygens (including phenoxy) is 2. The zero-order chi connectivity index (χ0) is 21.8. The van der Waals surface area contributed by atoms with Crippen LogP contribution in [0.2, 0.25) is 0 Å². The molecule has 0 radical (unpaired) electrons. The van der Waals surface area contributed by atoms with Gasteiger partial charge in [-0.05, 0) is 71.4 Å².